The van der Waals surface area contributed by atoms with Crippen LogP contribution in [0.5, 0.6) is 5.75 Å². The molecule has 1 aliphatic heterocycles. The van der Waals surface area contributed by atoms with Crippen molar-refractivity contribution < 1.29 is 44.7 Å². The van der Waals surface area contributed by atoms with Crippen LogP contribution in [0.25, 0.3) is 5.76 Å². The first-order chi connectivity index (χ1) is 18.2. The average molecular weight is 564 g/mol. The summed E-state index contributed by atoms with van der Waals surface area (Å²) in [6, 6.07) is 1.25. The number of fused-ring (bicyclic) bond motifs is 3. The molecule has 1 saturated heterocycles. The number of rotatable bonds is 2. The third-order valence-corrected chi connectivity index (χ3v) is 8.28. The summed E-state index contributed by atoms with van der Waals surface area (Å²) < 4.78 is 0. The molecular weight excluding hydrogens is 534 g/mol. The number of amides is 2. The molecule has 0 spiro atoms. The van der Waals surface area contributed by atoms with Crippen molar-refractivity contribution in [2.75, 3.05) is 27.7 Å². The number of Topliss-reactive ketones (excluding diaryl/α,β-unsaturated/α-hetero) is 2. The van der Waals surface area contributed by atoms with Crippen LogP contribution in [0.15, 0.2) is 29.0 Å². The van der Waals surface area contributed by atoms with Crippen LogP contribution in [0.2, 0.25) is 5.02 Å². The van der Waals surface area contributed by atoms with E-state index in [4.69, 9.17) is 17.3 Å². The number of nitrogens with zero attached hydrogens (tertiary/aromatic N) is 2. The van der Waals surface area contributed by atoms with E-state index in [2.05, 4.69) is 0 Å². The molecule has 2 fully saturated rings. The smallest absolute Gasteiger partial charge is 0.255 e. The van der Waals surface area contributed by atoms with E-state index in [1.165, 1.54) is 31.1 Å². The lowest BCUT2D eigenvalue weighted by Gasteiger charge is -2.51. The van der Waals surface area contributed by atoms with Gasteiger partial charge >= 0.3 is 0 Å². The number of aliphatic hydroxyl groups is 4. The molecule has 5 atom stereocenters. The van der Waals surface area contributed by atoms with Crippen molar-refractivity contribution in [2.45, 2.75) is 37.0 Å². The lowest BCUT2D eigenvalue weighted by molar-refractivity contribution is -0.155. The van der Waals surface area contributed by atoms with Crippen LogP contribution in [-0.4, -0.2) is 98.0 Å². The number of aromatic hydroxyl groups is 1. The zero-order valence-corrected chi connectivity index (χ0v) is 22.3. The van der Waals surface area contributed by atoms with Gasteiger partial charge in [0.2, 0.25) is 11.7 Å². The van der Waals surface area contributed by atoms with Gasteiger partial charge in [0.15, 0.2) is 11.4 Å². The molecule has 1 aromatic rings. The minimum absolute atomic E-state index is 0.00251. The number of phenolic OH excluding ortho intramolecular Hbond substituents is 1. The largest absolute Gasteiger partial charge is 0.508 e. The second kappa shape index (κ2) is 9.94. The average Bonchev–Trinajstić information content (AvgIpc) is 3.23. The normalized spacial score (nSPS) is 30.1. The molecule has 0 unspecified atom stereocenters. The fourth-order valence-corrected chi connectivity index (χ4v) is 6.29. The summed E-state index contributed by atoms with van der Waals surface area (Å²) in [5.74, 6) is -7.89. The summed E-state index contributed by atoms with van der Waals surface area (Å²) in [5.41, 5.74) is 0.845. The molecule has 1 aromatic carbocycles. The van der Waals surface area contributed by atoms with Crippen molar-refractivity contribution in [1.29, 1.82) is 0 Å². The second-order valence-electron chi connectivity index (χ2n) is 10.4. The minimum atomic E-state index is -2.77. The van der Waals surface area contributed by atoms with Gasteiger partial charge in [-0.25, -0.2) is 0 Å². The van der Waals surface area contributed by atoms with Gasteiger partial charge in [-0.3, -0.25) is 24.1 Å². The number of benzene rings is 1. The van der Waals surface area contributed by atoms with E-state index < -0.39 is 75.5 Å². The highest BCUT2D eigenvalue weighted by Crippen LogP contribution is 2.56. The number of likely N-dealkylation sites (N-methyl/N-ethyl adjacent to an activating group) is 1. The van der Waals surface area contributed by atoms with Crippen LogP contribution in [0.1, 0.15) is 36.5 Å². The molecule has 13 heteroatoms. The zero-order chi connectivity index (χ0) is 29.1. The lowest BCUT2D eigenvalue weighted by atomic mass is 9.57. The SMILES string of the molecule is CN(C)[C@@H]1C(=O)C(C(N)=O)=C(O)[C@@]2(O)C(=O)C3=C(O)c4c(O)ccc(Cl)c4[C@@H](O)[C@H]3C[C@@H]12.CN1CCCC1=O. The van der Waals surface area contributed by atoms with Gasteiger partial charge in [0, 0.05) is 48.0 Å². The maximum absolute atomic E-state index is 13.6. The van der Waals surface area contributed by atoms with Gasteiger partial charge in [-0.2, -0.15) is 0 Å². The van der Waals surface area contributed by atoms with E-state index in [9.17, 15) is 44.7 Å². The van der Waals surface area contributed by atoms with Gasteiger partial charge in [-0.15, -0.1) is 0 Å². The summed E-state index contributed by atoms with van der Waals surface area (Å²) in [6.07, 6.45) is 0.107. The van der Waals surface area contributed by atoms with Crippen molar-refractivity contribution in [3.63, 3.8) is 0 Å². The number of ketones is 2. The Kier molecular flexibility index (Phi) is 7.28. The van der Waals surface area contributed by atoms with Crippen molar-refractivity contribution in [1.82, 2.24) is 9.80 Å². The zero-order valence-electron chi connectivity index (χ0n) is 21.5. The number of halogens is 1. The van der Waals surface area contributed by atoms with Crippen LogP contribution >= 0.6 is 11.6 Å². The van der Waals surface area contributed by atoms with E-state index in [0.29, 0.717) is 5.91 Å². The molecule has 5 rings (SSSR count). The van der Waals surface area contributed by atoms with E-state index in [1.807, 2.05) is 7.05 Å². The molecule has 39 heavy (non-hydrogen) atoms. The fourth-order valence-electron chi connectivity index (χ4n) is 6.02. The Labute approximate surface area is 228 Å². The van der Waals surface area contributed by atoms with Gasteiger partial charge in [0.1, 0.15) is 22.8 Å². The molecule has 0 bridgehead atoms. The molecule has 7 N–H and O–H groups in total. The Morgan fingerprint density at radius 2 is 1.82 bits per heavy atom. The summed E-state index contributed by atoms with van der Waals surface area (Å²) in [5, 5.41) is 54.4. The standard InChI is InChI=1S/C21H21ClN2O8.C5H9NO/c1-24(2)14-7-5-6-10(16(27)12-9(25)4-3-8(22)11(12)15(6)26)18(29)21(7,32)19(30)13(17(14)28)20(23)31;1-6-4-2-3-5(6)7/h3-4,6-7,14-15,25-27,30,32H,5H2,1-2H3,(H2,23,31);2-4H2,1H3/t6-,7-,14-,15-,21-;/m0./s1. The molecule has 1 saturated carbocycles. The number of hydrogen-bond donors (Lipinski definition) is 6. The Morgan fingerprint density at radius 3 is 2.31 bits per heavy atom. The number of carbonyl (C=O) groups is 4. The Hall–Kier alpha value is -3.45. The van der Waals surface area contributed by atoms with E-state index in [0.717, 1.165) is 19.4 Å². The van der Waals surface area contributed by atoms with Gasteiger partial charge in [0.05, 0.1) is 17.7 Å². The first-order valence-corrected chi connectivity index (χ1v) is 12.6. The molecule has 2 amide bonds. The predicted molar refractivity (Wildman–Crippen MR) is 137 cm³/mol. The first-order valence-electron chi connectivity index (χ1n) is 12.2. The molecule has 12 nitrogen and oxygen atoms in total. The number of aliphatic hydroxyl groups excluding tert-OH is 3. The summed E-state index contributed by atoms with van der Waals surface area (Å²) >= 11 is 6.19. The van der Waals surface area contributed by atoms with Crippen molar-refractivity contribution in [2.24, 2.45) is 17.6 Å². The number of primary amides is 1. The van der Waals surface area contributed by atoms with E-state index in [1.54, 1.807) is 4.90 Å². The molecular formula is C26H30ClN3O9. The minimum Gasteiger partial charge on any atom is -0.508 e. The van der Waals surface area contributed by atoms with Gasteiger partial charge < -0.3 is 36.2 Å². The Morgan fingerprint density at radius 1 is 1.18 bits per heavy atom. The van der Waals surface area contributed by atoms with Crippen molar-refractivity contribution in [3.8, 4) is 5.75 Å². The van der Waals surface area contributed by atoms with Crippen LogP contribution in [-0.2, 0) is 19.2 Å². The Balaban J connectivity index is 0.000000438. The highest BCUT2D eigenvalue weighted by molar-refractivity contribution is 6.32. The number of phenols is 1. The third-order valence-electron chi connectivity index (χ3n) is 7.95. The molecule has 0 radical (unpaired) electrons. The van der Waals surface area contributed by atoms with Gasteiger partial charge in [-0.05, 0) is 39.1 Å². The quantitative estimate of drug-likeness (QED) is 0.272. The Bertz CT molecular complexity index is 1350. The molecule has 210 valence electrons. The van der Waals surface area contributed by atoms with Gasteiger partial charge in [-0.1, -0.05) is 11.6 Å². The molecule has 3 aliphatic carbocycles. The molecule has 1 heterocycles. The van der Waals surface area contributed by atoms with Crippen LogP contribution in [0.3, 0.4) is 0 Å². The van der Waals surface area contributed by atoms with Crippen LogP contribution in [0, 0.1) is 11.8 Å². The molecule has 0 aromatic heterocycles. The van der Waals surface area contributed by atoms with E-state index >= 15 is 0 Å². The third kappa shape index (κ3) is 4.18. The monoisotopic (exact) mass is 563 g/mol. The summed E-state index contributed by atoms with van der Waals surface area (Å²) in [4.78, 5) is 52.1. The van der Waals surface area contributed by atoms with Crippen molar-refractivity contribution in [3.05, 3.63) is 45.2 Å². The first kappa shape index (κ1) is 28.6. The summed E-state index contributed by atoms with van der Waals surface area (Å²) in [6.45, 7) is 0.957. The van der Waals surface area contributed by atoms with Crippen LogP contribution < -0.4 is 5.73 Å². The van der Waals surface area contributed by atoms with Crippen LogP contribution in [0.4, 0.5) is 0 Å². The topological polar surface area (TPSA) is 202 Å². The maximum Gasteiger partial charge on any atom is 0.255 e. The predicted octanol–water partition coefficient (Wildman–Crippen LogP) is 0.347. The summed E-state index contributed by atoms with van der Waals surface area (Å²) in [7, 11) is 4.81. The highest BCUT2D eigenvalue weighted by Gasteiger charge is 2.65. The number of hydrogen-bond acceptors (Lipinski definition) is 10. The van der Waals surface area contributed by atoms with Crippen molar-refractivity contribution >= 4 is 40.7 Å². The van der Waals surface area contributed by atoms with Gasteiger partial charge in [0.25, 0.3) is 5.91 Å². The number of likely N-dealkylation sites (tertiary alicyclic amines) is 1. The fraction of sp³-hybridized carbons (Fsp3) is 0.462. The number of nitrogens with two attached hydrogens (primary N) is 1. The highest BCUT2D eigenvalue weighted by atomic mass is 35.5. The molecule has 4 aliphatic rings. The second-order valence-corrected chi connectivity index (χ2v) is 10.8. The maximum atomic E-state index is 13.6. The van der Waals surface area contributed by atoms with E-state index in [-0.39, 0.29) is 22.6 Å². The lowest BCUT2D eigenvalue weighted by Crippen LogP contribution is -2.66. The number of carbonyl (C=O) groups excluding carboxylic acids is 4.